The molecule has 0 spiro atoms. The van der Waals surface area contributed by atoms with Crippen molar-refractivity contribution in [2.24, 2.45) is 4.99 Å². The second kappa shape index (κ2) is 9.16. The van der Waals surface area contributed by atoms with Crippen molar-refractivity contribution in [3.05, 3.63) is 77.3 Å². The first-order chi connectivity index (χ1) is 11.6. The largest absolute Gasteiger partial charge is 0.489 e. The normalized spacial score (nSPS) is 10.6. The van der Waals surface area contributed by atoms with Crippen molar-refractivity contribution in [1.82, 2.24) is 0 Å². The molecule has 0 aromatic heterocycles. The summed E-state index contributed by atoms with van der Waals surface area (Å²) in [7, 11) is 0. The highest BCUT2D eigenvalue weighted by atomic mass is 35.5. The van der Waals surface area contributed by atoms with Gasteiger partial charge < -0.3 is 9.47 Å². The lowest BCUT2D eigenvalue weighted by Crippen LogP contribution is -1.99. The Kier molecular flexibility index (Phi) is 6.91. The molecule has 0 aliphatic heterocycles. The average Bonchev–Trinajstić information content (AvgIpc) is 2.59. The zero-order chi connectivity index (χ0) is 17.4. The molecule has 0 radical (unpaired) electrons. The number of aliphatic imine (C=N–C) groups is 1. The third kappa shape index (κ3) is 5.15. The highest BCUT2D eigenvalue weighted by Gasteiger charge is 2.05. The van der Waals surface area contributed by atoms with Crippen molar-refractivity contribution in [2.75, 3.05) is 13.2 Å². The lowest BCUT2D eigenvalue weighted by Gasteiger charge is -2.10. The van der Waals surface area contributed by atoms with Gasteiger partial charge in [0.2, 0.25) is 0 Å². The van der Waals surface area contributed by atoms with Crippen molar-refractivity contribution in [3.8, 4) is 11.5 Å². The van der Waals surface area contributed by atoms with Crippen LogP contribution < -0.4 is 9.47 Å². The lowest BCUT2D eigenvalue weighted by atomic mass is 10.2. The molecule has 0 aliphatic rings. The van der Waals surface area contributed by atoms with E-state index in [2.05, 4.69) is 18.2 Å². The van der Waals surface area contributed by atoms with Crippen molar-refractivity contribution in [1.29, 1.82) is 0 Å². The minimum atomic E-state index is 0.387. The van der Waals surface area contributed by atoms with Crippen molar-refractivity contribution < 1.29 is 9.47 Å². The molecule has 3 nitrogen and oxygen atoms in total. The van der Waals surface area contributed by atoms with Crippen molar-refractivity contribution in [2.45, 2.75) is 0 Å². The quantitative estimate of drug-likeness (QED) is 0.434. The van der Waals surface area contributed by atoms with Crippen LogP contribution in [0.25, 0.3) is 0 Å². The molecule has 0 aliphatic carbocycles. The molecule has 24 heavy (non-hydrogen) atoms. The number of benzene rings is 2. The highest BCUT2D eigenvalue weighted by Crippen LogP contribution is 2.28. The molecular formula is C19H17Cl2NO2. The third-order valence-corrected chi connectivity index (χ3v) is 3.70. The summed E-state index contributed by atoms with van der Waals surface area (Å²) in [5, 5.41) is 0.956. The molecule has 0 amide bonds. The van der Waals surface area contributed by atoms with Crippen LogP contribution in [0.4, 0.5) is 5.69 Å². The Hall–Kier alpha value is -2.23. The molecule has 5 heteroatoms. The summed E-state index contributed by atoms with van der Waals surface area (Å²) in [5.41, 5.74) is 1.51. The predicted octanol–water partition coefficient (Wildman–Crippen LogP) is 5.87. The zero-order valence-electron chi connectivity index (χ0n) is 13.0. The lowest BCUT2D eigenvalue weighted by molar-refractivity contribution is 0.344. The zero-order valence-corrected chi connectivity index (χ0v) is 14.6. The smallest absolute Gasteiger partial charge is 0.132 e. The molecule has 124 valence electrons. The van der Waals surface area contributed by atoms with Gasteiger partial charge in [-0.15, -0.1) is 0 Å². The van der Waals surface area contributed by atoms with E-state index in [9.17, 15) is 0 Å². The van der Waals surface area contributed by atoms with Crippen LogP contribution in [0, 0.1) is 0 Å². The molecular weight excluding hydrogens is 345 g/mol. The van der Waals surface area contributed by atoms with E-state index >= 15 is 0 Å². The Labute approximate surface area is 151 Å². The Morgan fingerprint density at radius 1 is 0.917 bits per heavy atom. The van der Waals surface area contributed by atoms with Gasteiger partial charge in [-0.2, -0.15) is 0 Å². The molecule has 0 saturated carbocycles. The molecule has 0 N–H and O–H groups in total. The number of ether oxygens (including phenoxy) is 2. The first-order valence-electron chi connectivity index (χ1n) is 7.24. The van der Waals surface area contributed by atoms with Crippen LogP contribution >= 0.6 is 23.2 Å². The Morgan fingerprint density at radius 3 is 2.38 bits per heavy atom. The fourth-order valence-corrected chi connectivity index (χ4v) is 2.14. The van der Waals surface area contributed by atoms with E-state index < -0.39 is 0 Å². The maximum Gasteiger partial charge on any atom is 0.132 e. The highest BCUT2D eigenvalue weighted by molar-refractivity contribution is 6.42. The average molecular weight is 362 g/mol. The summed E-state index contributed by atoms with van der Waals surface area (Å²) in [6.07, 6.45) is 5.07. The molecule has 0 atom stereocenters. The molecule has 2 aromatic rings. The van der Waals surface area contributed by atoms with Crippen LogP contribution in [-0.2, 0) is 0 Å². The monoisotopic (exact) mass is 361 g/mol. The third-order valence-electron chi connectivity index (χ3n) is 2.97. The van der Waals surface area contributed by atoms with Crippen LogP contribution in [0.5, 0.6) is 11.5 Å². The molecule has 0 unspecified atom stereocenters. The summed E-state index contributed by atoms with van der Waals surface area (Å²) in [6, 6.07) is 10.7. The van der Waals surface area contributed by atoms with Gasteiger partial charge in [0.25, 0.3) is 0 Å². The maximum absolute atomic E-state index is 6.00. The van der Waals surface area contributed by atoms with E-state index in [1.807, 2.05) is 18.2 Å². The van der Waals surface area contributed by atoms with Crippen molar-refractivity contribution >= 4 is 35.1 Å². The Bertz CT molecular complexity index is 757. The van der Waals surface area contributed by atoms with Crippen LogP contribution in [0.15, 0.2) is 66.7 Å². The molecule has 2 aromatic carbocycles. The number of halogens is 2. The summed E-state index contributed by atoms with van der Waals surface area (Å²) < 4.78 is 11.2. The number of hydrogen-bond donors (Lipinski definition) is 0. The summed E-state index contributed by atoms with van der Waals surface area (Å²) in [5.74, 6) is 1.35. The minimum Gasteiger partial charge on any atom is -0.489 e. The summed E-state index contributed by atoms with van der Waals surface area (Å²) in [6.45, 7) is 8.10. The summed E-state index contributed by atoms with van der Waals surface area (Å²) >= 11 is 11.9. The number of nitrogens with zero attached hydrogens (tertiary/aromatic N) is 1. The maximum atomic E-state index is 6.00. The van der Waals surface area contributed by atoms with E-state index in [1.165, 1.54) is 0 Å². The fourth-order valence-electron chi connectivity index (χ4n) is 1.85. The van der Waals surface area contributed by atoms with E-state index in [1.54, 1.807) is 36.6 Å². The molecule has 2 rings (SSSR count). The van der Waals surface area contributed by atoms with Gasteiger partial charge >= 0.3 is 0 Å². The van der Waals surface area contributed by atoms with Gasteiger partial charge in [0.1, 0.15) is 24.7 Å². The second-order valence-electron chi connectivity index (χ2n) is 4.76. The summed E-state index contributed by atoms with van der Waals surface area (Å²) in [4.78, 5) is 4.41. The van der Waals surface area contributed by atoms with Gasteiger partial charge in [0.05, 0.1) is 15.7 Å². The number of hydrogen-bond acceptors (Lipinski definition) is 3. The van der Waals surface area contributed by atoms with Gasteiger partial charge in [-0.05, 0) is 30.3 Å². The van der Waals surface area contributed by atoms with Gasteiger partial charge in [-0.3, -0.25) is 4.99 Å². The fraction of sp³-hybridized carbons (Fsp3) is 0.105. The van der Waals surface area contributed by atoms with Gasteiger partial charge in [-0.1, -0.05) is 48.5 Å². The molecule has 0 fully saturated rings. The van der Waals surface area contributed by atoms with Crippen LogP contribution in [0.2, 0.25) is 10.0 Å². The van der Waals surface area contributed by atoms with Crippen molar-refractivity contribution in [3.63, 3.8) is 0 Å². The van der Waals surface area contributed by atoms with E-state index in [0.717, 1.165) is 5.56 Å². The van der Waals surface area contributed by atoms with Crippen LogP contribution in [-0.4, -0.2) is 19.4 Å². The minimum absolute atomic E-state index is 0.387. The standard InChI is InChI=1S/C19H17Cl2NO2/c1-3-9-23-16-7-5-14(19(12-16)24-10-4-2)13-22-15-6-8-17(20)18(21)11-15/h3-8,11-13H,1-2,9-10H2. The van der Waals surface area contributed by atoms with E-state index in [0.29, 0.717) is 40.4 Å². The first kappa shape index (κ1) is 18.1. The Balaban J connectivity index is 2.25. The van der Waals surface area contributed by atoms with Gasteiger partial charge in [0.15, 0.2) is 0 Å². The Morgan fingerprint density at radius 2 is 1.67 bits per heavy atom. The van der Waals surface area contributed by atoms with E-state index in [-0.39, 0.29) is 0 Å². The second-order valence-corrected chi connectivity index (χ2v) is 5.57. The first-order valence-corrected chi connectivity index (χ1v) is 8.00. The number of rotatable bonds is 8. The van der Waals surface area contributed by atoms with Gasteiger partial charge in [0, 0.05) is 17.8 Å². The molecule has 0 heterocycles. The topological polar surface area (TPSA) is 30.8 Å². The SMILES string of the molecule is C=CCOc1ccc(C=Nc2ccc(Cl)c(Cl)c2)c(OCC=C)c1. The van der Waals surface area contributed by atoms with Gasteiger partial charge in [-0.25, -0.2) is 0 Å². The van der Waals surface area contributed by atoms with Crippen LogP contribution in [0.1, 0.15) is 5.56 Å². The molecule has 0 bridgehead atoms. The predicted molar refractivity (Wildman–Crippen MR) is 102 cm³/mol. The van der Waals surface area contributed by atoms with E-state index in [4.69, 9.17) is 32.7 Å². The molecule has 0 saturated heterocycles. The van der Waals surface area contributed by atoms with Crippen LogP contribution in [0.3, 0.4) is 0 Å².